The van der Waals surface area contributed by atoms with Crippen molar-refractivity contribution in [1.29, 1.82) is 0 Å². The fourth-order valence-electron chi connectivity index (χ4n) is 3.18. The fraction of sp³-hybridized carbons (Fsp3) is 0.667. The Morgan fingerprint density at radius 2 is 1.95 bits per heavy atom. The van der Waals surface area contributed by atoms with E-state index in [0.29, 0.717) is 12.1 Å². The number of nitrogens with zero attached hydrogens (tertiary/aromatic N) is 3. The first kappa shape index (κ1) is 12.9. The molecule has 0 aromatic carbocycles. The number of aromatic nitrogens is 1. The first-order valence-electron chi connectivity index (χ1n) is 7.39. The van der Waals surface area contributed by atoms with Gasteiger partial charge in [-0.3, -0.25) is 4.90 Å². The molecule has 2 fully saturated rings. The van der Waals surface area contributed by atoms with Gasteiger partial charge in [0.05, 0.1) is 0 Å². The number of piperidine rings is 1. The number of rotatable bonds is 2. The van der Waals surface area contributed by atoms with E-state index in [9.17, 15) is 0 Å². The average molecular weight is 260 g/mol. The van der Waals surface area contributed by atoms with Crippen LogP contribution in [0.1, 0.15) is 24.8 Å². The van der Waals surface area contributed by atoms with Gasteiger partial charge in [-0.2, -0.15) is 0 Å². The largest absolute Gasteiger partial charge is 0.355 e. The normalized spacial score (nSPS) is 26.0. The topological polar surface area (TPSA) is 45.4 Å². The van der Waals surface area contributed by atoms with Crippen molar-refractivity contribution in [3.8, 4) is 0 Å². The van der Waals surface area contributed by atoms with E-state index in [1.54, 1.807) is 0 Å². The summed E-state index contributed by atoms with van der Waals surface area (Å²) in [7, 11) is 0. The number of hydrogen-bond donors (Lipinski definition) is 1. The monoisotopic (exact) mass is 260 g/mol. The molecule has 2 N–H and O–H groups in total. The van der Waals surface area contributed by atoms with E-state index in [1.165, 1.54) is 25.1 Å². The lowest BCUT2D eigenvalue weighted by Crippen LogP contribution is -2.46. The Hall–Kier alpha value is -1.13. The van der Waals surface area contributed by atoms with Crippen LogP contribution in [-0.4, -0.2) is 48.1 Å². The van der Waals surface area contributed by atoms with Crippen LogP contribution in [0.25, 0.3) is 0 Å². The SMILES string of the molecule is Cc1ccc(N2CCC(N3CCC(N)CC3)C2)nc1. The number of aryl methyl sites for hydroxylation is 1. The highest BCUT2D eigenvalue weighted by Gasteiger charge is 2.30. The lowest BCUT2D eigenvalue weighted by Gasteiger charge is -2.34. The third-order valence-corrected chi connectivity index (χ3v) is 4.47. The molecule has 1 atom stereocenters. The third-order valence-electron chi connectivity index (χ3n) is 4.47. The lowest BCUT2D eigenvalue weighted by molar-refractivity contribution is 0.163. The molecule has 0 bridgehead atoms. The molecule has 2 aliphatic rings. The molecule has 3 heterocycles. The Balaban J connectivity index is 1.59. The second-order valence-electron chi connectivity index (χ2n) is 5.96. The van der Waals surface area contributed by atoms with Crippen LogP contribution in [0.3, 0.4) is 0 Å². The maximum Gasteiger partial charge on any atom is 0.128 e. The van der Waals surface area contributed by atoms with E-state index < -0.39 is 0 Å². The fourth-order valence-corrected chi connectivity index (χ4v) is 3.18. The number of nitrogens with two attached hydrogens (primary N) is 1. The van der Waals surface area contributed by atoms with Gasteiger partial charge in [-0.25, -0.2) is 4.98 Å². The van der Waals surface area contributed by atoms with Crippen molar-refractivity contribution in [2.45, 2.75) is 38.3 Å². The van der Waals surface area contributed by atoms with Gasteiger partial charge in [0.15, 0.2) is 0 Å². The Morgan fingerprint density at radius 1 is 1.16 bits per heavy atom. The summed E-state index contributed by atoms with van der Waals surface area (Å²) in [6.07, 6.45) is 5.52. The standard InChI is InChI=1S/C15H24N4/c1-12-2-3-15(17-10-12)19-9-6-14(11-19)18-7-4-13(16)5-8-18/h2-3,10,13-14H,4-9,11,16H2,1H3. The van der Waals surface area contributed by atoms with Crippen LogP contribution in [-0.2, 0) is 0 Å². The molecule has 3 rings (SSSR count). The van der Waals surface area contributed by atoms with Gasteiger partial charge in [-0.15, -0.1) is 0 Å². The summed E-state index contributed by atoms with van der Waals surface area (Å²) in [4.78, 5) is 9.58. The number of hydrogen-bond acceptors (Lipinski definition) is 4. The van der Waals surface area contributed by atoms with E-state index in [1.807, 2.05) is 6.20 Å². The van der Waals surface area contributed by atoms with E-state index in [-0.39, 0.29) is 0 Å². The lowest BCUT2D eigenvalue weighted by atomic mass is 10.0. The smallest absolute Gasteiger partial charge is 0.128 e. The molecule has 2 aliphatic heterocycles. The minimum absolute atomic E-state index is 0.424. The predicted molar refractivity (Wildman–Crippen MR) is 78.4 cm³/mol. The van der Waals surface area contributed by atoms with Gasteiger partial charge in [0, 0.05) is 31.4 Å². The van der Waals surface area contributed by atoms with Crippen LogP contribution in [0.2, 0.25) is 0 Å². The molecular weight excluding hydrogens is 236 g/mol. The second kappa shape index (κ2) is 5.47. The van der Waals surface area contributed by atoms with Crippen molar-refractivity contribution in [1.82, 2.24) is 9.88 Å². The molecule has 104 valence electrons. The summed E-state index contributed by atoms with van der Waals surface area (Å²) < 4.78 is 0. The maximum atomic E-state index is 5.98. The predicted octanol–water partition coefficient (Wildman–Crippen LogP) is 1.39. The van der Waals surface area contributed by atoms with Gasteiger partial charge >= 0.3 is 0 Å². The molecule has 19 heavy (non-hydrogen) atoms. The zero-order valence-electron chi connectivity index (χ0n) is 11.8. The van der Waals surface area contributed by atoms with Gasteiger partial charge in [0.1, 0.15) is 5.82 Å². The third kappa shape index (κ3) is 2.90. The van der Waals surface area contributed by atoms with Gasteiger partial charge in [0.2, 0.25) is 0 Å². The van der Waals surface area contributed by atoms with Crippen LogP contribution in [0.5, 0.6) is 0 Å². The van der Waals surface area contributed by atoms with Crippen LogP contribution in [0.4, 0.5) is 5.82 Å². The Labute approximate surface area is 115 Å². The number of likely N-dealkylation sites (tertiary alicyclic amines) is 1. The molecule has 4 heteroatoms. The van der Waals surface area contributed by atoms with E-state index >= 15 is 0 Å². The summed E-state index contributed by atoms with van der Waals surface area (Å²) in [5, 5.41) is 0. The van der Waals surface area contributed by atoms with Crippen LogP contribution in [0, 0.1) is 6.92 Å². The van der Waals surface area contributed by atoms with Crippen molar-refractivity contribution in [3.05, 3.63) is 23.9 Å². The van der Waals surface area contributed by atoms with E-state index in [0.717, 1.165) is 31.7 Å². The van der Waals surface area contributed by atoms with Crippen LogP contribution >= 0.6 is 0 Å². The molecule has 2 saturated heterocycles. The van der Waals surface area contributed by atoms with Crippen molar-refractivity contribution in [2.24, 2.45) is 5.73 Å². The molecule has 0 saturated carbocycles. The van der Waals surface area contributed by atoms with Gasteiger partial charge in [-0.05, 0) is 50.9 Å². The molecular formula is C15H24N4. The summed E-state index contributed by atoms with van der Waals surface area (Å²) in [5.74, 6) is 1.13. The molecule has 0 aliphatic carbocycles. The minimum Gasteiger partial charge on any atom is -0.355 e. The minimum atomic E-state index is 0.424. The highest BCUT2D eigenvalue weighted by atomic mass is 15.3. The summed E-state index contributed by atoms with van der Waals surface area (Å²) in [6, 6.07) is 5.41. The maximum absolute atomic E-state index is 5.98. The summed E-state index contributed by atoms with van der Waals surface area (Å²) in [6.45, 7) is 6.66. The van der Waals surface area contributed by atoms with Crippen molar-refractivity contribution < 1.29 is 0 Å². The van der Waals surface area contributed by atoms with E-state index in [2.05, 4.69) is 33.8 Å². The van der Waals surface area contributed by atoms with Crippen molar-refractivity contribution in [2.75, 3.05) is 31.1 Å². The van der Waals surface area contributed by atoms with Crippen molar-refractivity contribution >= 4 is 5.82 Å². The Kier molecular flexibility index (Phi) is 3.71. The number of anilines is 1. The zero-order chi connectivity index (χ0) is 13.2. The number of pyridine rings is 1. The van der Waals surface area contributed by atoms with Gasteiger partial charge < -0.3 is 10.6 Å². The highest BCUT2D eigenvalue weighted by Crippen LogP contribution is 2.23. The Bertz CT molecular complexity index is 409. The van der Waals surface area contributed by atoms with Gasteiger partial charge in [-0.1, -0.05) is 6.07 Å². The summed E-state index contributed by atoms with van der Waals surface area (Å²) in [5.41, 5.74) is 7.21. The van der Waals surface area contributed by atoms with Crippen molar-refractivity contribution in [3.63, 3.8) is 0 Å². The second-order valence-corrected chi connectivity index (χ2v) is 5.96. The average Bonchev–Trinajstić information content (AvgIpc) is 2.90. The van der Waals surface area contributed by atoms with E-state index in [4.69, 9.17) is 5.73 Å². The molecule has 1 unspecified atom stereocenters. The molecule has 0 spiro atoms. The summed E-state index contributed by atoms with van der Waals surface area (Å²) >= 11 is 0. The molecule has 0 amide bonds. The molecule has 4 nitrogen and oxygen atoms in total. The molecule has 1 aromatic heterocycles. The van der Waals surface area contributed by atoms with Gasteiger partial charge in [0.25, 0.3) is 0 Å². The quantitative estimate of drug-likeness (QED) is 0.873. The molecule has 0 radical (unpaired) electrons. The van der Waals surface area contributed by atoms with Crippen LogP contribution < -0.4 is 10.6 Å². The first-order chi connectivity index (χ1) is 9.22. The first-order valence-corrected chi connectivity index (χ1v) is 7.39. The molecule has 1 aromatic rings. The Morgan fingerprint density at radius 3 is 2.63 bits per heavy atom. The van der Waals surface area contributed by atoms with Crippen LogP contribution in [0.15, 0.2) is 18.3 Å². The highest BCUT2D eigenvalue weighted by molar-refractivity contribution is 5.40. The zero-order valence-corrected chi connectivity index (χ0v) is 11.8.